The molecule has 0 aliphatic carbocycles. The van der Waals surface area contributed by atoms with Crippen LogP contribution in [0.5, 0.6) is 0 Å². The topological polar surface area (TPSA) is 165 Å². The number of amides is 3. The Hall–Kier alpha value is -6.11. The van der Waals surface area contributed by atoms with Crippen LogP contribution >= 0.6 is 0 Å². The number of aliphatic hydroxyl groups is 2. The van der Waals surface area contributed by atoms with Gasteiger partial charge >= 0.3 is 0 Å². The van der Waals surface area contributed by atoms with Gasteiger partial charge in [0.2, 0.25) is 11.8 Å². The summed E-state index contributed by atoms with van der Waals surface area (Å²) in [5.41, 5.74) is 4.52. The third-order valence-corrected chi connectivity index (χ3v) is 10.1. The highest BCUT2D eigenvalue weighted by Gasteiger charge is 2.38. The molecule has 2 aliphatic rings. The van der Waals surface area contributed by atoms with E-state index in [2.05, 4.69) is 15.3 Å². The lowest BCUT2D eigenvalue weighted by molar-refractivity contribution is -0.144. The number of aromatic nitrogens is 3. The smallest absolute Gasteiger partial charge is 0.256 e. The lowest BCUT2D eigenvalue weighted by Gasteiger charge is -2.26. The highest BCUT2D eigenvalue weighted by atomic mass is 16.4. The Bertz CT molecular complexity index is 2270. The lowest BCUT2D eigenvalue weighted by atomic mass is 10.1. The van der Waals surface area contributed by atoms with E-state index < -0.39 is 24.2 Å². The van der Waals surface area contributed by atoms with Crippen molar-refractivity contribution in [1.82, 2.24) is 24.8 Å². The van der Waals surface area contributed by atoms with Gasteiger partial charge < -0.3 is 34.7 Å². The van der Waals surface area contributed by atoms with Gasteiger partial charge in [0.15, 0.2) is 18.0 Å². The van der Waals surface area contributed by atoms with Crippen LogP contribution < -0.4 is 5.32 Å². The second-order valence-electron chi connectivity index (χ2n) is 13.5. The van der Waals surface area contributed by atoms with E-state index in [9.17, 15) is 24.6 Å². The molecule has 8 rings (SSSR count). The van der Waals surface area contributed by atoms with Gasteiger partial charge in [-0.05, 0) is 73.2 Å². The van der Waals surface area contributed by atoms with Crippen molar-refractivity contribution >= 4 is 34.4 Å². The van der Waals surface area contributed by atoms with E-state index in [4.69, 9.17) is 9.40 Å². The van der Waals surface area contributed by atoms with Crippen LogP contribution in [0.15, 0.2) is 114 Å². The Morgan fingerprint density at radius 3 is 2.19 bits per heavy atom. The molecule has 12 heteroatoms. The molecular formula is C41H38N6O6. The Labute approximate surface area is 305 Å². The quantitative estimate of drug-likeness (QED) is 0.143. The molecule has 4 N–H and O–H groups in total. The van der Waals surface area contributed by atoms with Crippen molar-refractivity contribution < 1.29 is 29.0 Å². The van der Waals surface area contributed by atoms with Crippen LogP contribution in [-0.4, -0.2) is 71.8 Å². The number of fused-ring (bicyclic) bond motifs is 1. The fourth-order valence-corrected chi connectivity index (χ4v) is 7.32. The van der Waals surface area contributed by atoms with Gasteiger partial charge in [0, 0.05) is 29.9 Å². The van der Waals surface area contributed by atoms with Gasteiger partial charge in [0.1, 0.15) is 11.9 Å². The number of carbonyl (C=O) groups is 3. The Kier molecular flexibility index (Phi) is 9.30. The van der Waals surface area contributed by atoms with Gasteiger partial charge in [0.25, 0.3) is 11.8 Å². The van der Waals surface area contributed by atoms with Gasteiger partial charge in [-0.25, -0.2) is 9.97 Å². The second-order valence-corrected chi connectivity index (χ2v) is 13.5. The number of carbonyl (C=O) groups excluding carboxylic acids is 3. The molecule has 4 aromatic carbocycles. The number of aromatic amines is 1. The van der Waals surface area contributed by atoms with Crippen LogP contribution in [0.1, 0.15) is 60.9 Å². The molecule has 6 aromatic rings. The van der Waals surface area contributed by atoms with Gasteiger partial charge in [-0.2, -0.15) is 0 Å². The number of imidazole rings is 1. The average Bonchev–Trinajstić information content (AvgIpc) is 4.03. The van der Waals surface area contributed by atoms with Gasteiger partial charge in [-0.1, -0.05) is 66.7 Å². The molecule has 2 fully saturated rings. The normalized spacial score (nSPS) is 18.3. The molecule has 0 bridgehead atoms. The van der Waals surface area contributed by atoms with Crippen molar-refractivity contribution in [3.8, 4) is 22.8 Å². The zero-order valence-electron chi connectivity index (χ0n) is 28.8. The molecule has 53 heavy (non-hydrogen) atoms. The van der Waals surface area contributed by atoms with E-state index in [0.717, 1.165) is 29.4 Å². The number of H-pyrrole nitrogens is 1. The largest absolute Gasteiger partial charge is 0.436 e. The van der Waals surface area contributed by atoms with E-state index in [0.29, 0.717) is 65.8 Å². The summed E-state index contributed by atoms with van der Waals surface area (Å²) in [6, 6.07) is 29.5. The first-order valence-corrected chi connectivity index (χ1v) is 17.8. The summed E-state index contributed by atoms with van der Waals surface area (Å²) >= 11 is 0. The molecule has 2 saturated heterocycles. The molecule has 0 unspecified atom stereocenters. The summed E-state index contributed by atoms with van der Waals surface area (Å²) in [4.78, 5) is 55.7. The summed E-state index contributed by atoms with van der Waals surface area (Å²) in [6.07, 6.45) is 1.77. The van der Waals surface area contributed by atoms with Crippen molar-refractivity contribution in [2.75, 3.05) is 18.4 Å². The third-order valence-electron chi connectivity index (χ3n) is 10.1. The summed E-state index contributed by atoms with van der Waals surface area (Å²) in [5.74, 6) is 0.403. The van der Waals surface area contributed by atoms with Crippen LogP contribution in [0.4, 0.5) is 5.69 Å². The summed E-state index contributed by atoms with van der Waals surface area (Å²) in [5, 5.41) is 24.4. The summed E-state index contributed by atoms with van der Waals surface area (Å²) < 4.78 is 6.19. The number of benzene rings is 4. The van der Waals surface area contributed by atoms with Crippen molar-refractivity contribution in [3.05, 3.63) is 126 Å². The third kappa shape index (κ3) is 6.82. The first-order valence-electron chi connectivity index (χ1n) is 17.8. The number of nitrogens with one attached hydrogen (secondary N) is 2. The minimum absolute atomic E-state index is 0.278. The van der Waals surface area contributed by atoms with Gasteiger partial charge in [-0.15, -0.1) is 0 Å². The van der Waals surface area contributed by atoms with Crippen molar-refractivity contribution in [1.29, 1.82) is 0 Å². The number of hydrogen-bond donors (Lipinski definition) is 4. The van der Waals surface area contributed by atoms with Gasteiger partial charge in [0.05, 0.1) is 23.3 Å². The van der Waals surface area contributed by atoms with Crippen LogP contribution in [0.2, 0.25) is 0 Å². The molecule has 4 atom stereocenters. The van der Waals surface area contributed by atoms with Crippen LogP contribution in [0.3, 0.4) is 0 Å². The highest BCUT2D eigenvalue weighted by Crippen LogP contribution is 2.35. The fourth-order valence-electron chi connectivity index (χ4n) is 7.32. The molecule has 2 aliphatic heterocycles. The standard InChI is InChI=1S/C41H38N6O6/c48-35(25-10-3-1-4-11-25)40(51)46-20-8-16-32(46)37-44-30-19-18-27(23-31(30)45-37)34-24-42-39(53-34)28-14-7-15-29(22-28)43-38(50)33-17-9-21-47(33)41(52)36(49)26-12-5-2-6-13-26/h1-7,10-15,18-19,22-24,32-33,35-36,48-49H,8-9,16-17,20-21H2,(H,43,50)(H,44,45)/t32-,33+,35-,36+/m0/s1. The number of anilines is 1. The van der Waals surface area contributed by atoms with Gasteiger partial charge in [-0.3, -0.25) is 14.4 Å². The van der Waals surface area contributed by atoms with E-state index in [1.54, 1.807) is 77.8 Å². The van der Waals surface area contributed by atoms with Crippen LogP contribution in [0, 0.1) is 0 Å². The first kappa shape index (κ1) is 34.0. The first-order chi connectivity index (χ1) is 25.8. The number of likely N-dealkylation sites (tertiary alicyclic amines) is 2. The number of aliphatic hydroxyl groups excluding tert-OH is 2. The maximum Gasteiger partial charge on any atom is 0.256 e. The predicted octanol–water partition coefficient (Wildman–Crippen LogP) is 5.95. The molecule has 0 saturated carbocycles. The Morgan fingerprint density at radius 2 is 1.45 bits per heavy atom. The monoisotopic (exact) mass is 710 g/mol. The van der Waals surface area contributed by atoms with E-state index in [-0.39, 0.29) is 17.9 Å². The molecule has 0 radical (unpaired) electrons. The molecular weight excluding hydrogens is 672 g/mol. The number of nitrogens with zero attached hydrogens (tertiary/aromatic N) is 4. The van der Waals surface area contributed by atoms with Crippen molar-refractivity contribution in [2.45, 2.75) is 50.0 Å². The number of hydrogen-bond acceptors (Lipinski definition) is 8. The van der Waals surface area contributed by atoms with Crippen LogP contribution in [0.25, 0.3) is 33.8 Å². The maximum absolute atomic E-state index is 13.4. The van der Waals surface area contributed by atoms with Crippen molar-refractivity contribution in [2.24, 2.45) is 0 Å². The Morgan fingerprint density at radius 1 is 0.774 bits per heavy atom. The molecule has 3 amide bonds. The second kappa shape index (κ2) is 14.5. The zero-order valence-corrected chi connectivity index (χ0v) is 28.8. The summed E-state index contributed by atoms with van der Waals surface area (Å²) in [7, 11) is 0. The zero-order chi connectivity index (χ0) is 36.5. The minimum atomic E-state index is -1.34. The molecule has 4 heterocycles. The van der Waals surface area contributed by atoms with Crippen molar-refractivity contribution in [3.63, 3.8) is 0 Å². The van der Waals surface area contributed by atoms with E-state index >= 15 is 0 Å². The highest BCUT2D eigenvalue weighted by molar-refractivity contribution is 5.98. The number of rotatable bonds is 9. The van der Waals surface area contributed by atoms with E-state index in [1.165, 1.54) is 4.90 Å². The fraction of sp³-hybridized carbons (Fsp3) is 0.244. The molecule has 12 nitrogen and oxygen atoms in total. The average molecular weight is 711 g/mol. The predicted molar refractivity (Wildman–Crippen MR) is 197 cm³/mol. The maximum atomic E-state index is 13.4. The molecule has 268 valence electrons. The van der Waals surface area contributed by atoms with Crippen LogP contribution in [-0.2, 0) is 14.4 Å². The Balaban J connectivity index is 0.952. The van der Waals surface area contributed by atoms with E-state index in [1.807, 2.05) is 36.4 Å². The SMILES string of the molecule is O=C(Nc1cccc(-c2ncc(-c3ccc4nc([C@@H]5CCCN5C(=O)[C@@H](O)c5ccccc5)[nH]c4c3)o2)c1)[C@H]1CCCN1C(=O)[C@H](O)c1ccccc1. The molecule has 0 spiro atoms. The lowest BCUT2D eigenvalue weighted by Crippen LogP contribution is -2.45. The summed E-state index contributed by atoms with van der Waals surface area (Å²) in [6.45, 7) is 0.933. The molecule has 2 aromatic heterocycles. The number of oxazole rings is 1. The minimum Gasteiger partial charge on any atom is -0.436 e.